The normalized spacial score (nSPS) is 10.8. The molecule has 0 saturated carbocycles. The summed E-state index contributed by atoms with van der Waals surface area (Å²) >= 11 is 5.79. The Hall–Kier alpha value is -3.31. The van der Waals surface area contributed by atoms with Crippen LogP contribution in [0.15, 0.2) is 77.2 Å². The molecule has 4 nitrogen and oxygen atoms in total. The van der Waals surface area contributed by atoms with Gasteiger partial charge in [0, 0.05) is 16.6 Å². The molecule has 1 N–H and O–H groups in total. The Morgan fingerprint density at radius 3 is 2.57 bits per heavy atom. The molecular formula is C22H15ClFNO3. The Morgan fingerprint density at radius 2 is 1.79 bits per heavy atom. The molecule has 1 amide bonds. The largest absolute Gasteiger partial charge is 0.489 e. The number of nitrogens with one attached hydrogen (secondary N) is 1. The summed E-state index contributed by atoms with van der Waals surface area (Å²) in [5.74, 6) is -0.201. The predicted octanol–water partition coefficient (Wildman–Crippen LogP) is 6.06. The standard InChI is InChI=1S/C22H15ClFNO3/c23-18-12-14(10-11-19(18)24)25-22(26)21-17(13-27-15-6-2-1-3-7-15)16-8-4-5-9-20(16)28-21/h1-12H,13H2,(H,25,26). The van der Waals surface area contributed by atoms with Gasteiger partial charge in [-0.2, -0.15) is 0 Å². The number of furan rings is 1. The highest BCUT2D eigenvalue weighted by Crippen LogP contribution is 2.28. The minimum Gasteiger partial charge on any atom is -0.489 e. The van der Waals surface area contributed by atoms with Gasteiger partial charge in [-0.3, -0.25) is 4.79 Å². The highest BCUT2D eigenvalue weighted by atomic mass is 35.5. The zero-order valence-corrected chi connectivity index (χ0v) is 15.4. The molecule has 1 aromatic heterocycles. The molecular weight excluding hydrogens is 381 g/mol. The molecule has 0 spiro atoms. The van der Waals surface area contributed by atoms with E-state index in [2.05, 4.69) is 5.32 Å². The lowest BCUT2D eigenvalue weighted by Crippen LogP contribution is -2.14. The summed E-state index contributed by atoms with van der Waals surface area (Å²) in [5.41, 5.74) is 1.58. The summed E-state index contributed by atoms with van der Waals surface area (Å²) in [6.45, 7) is 0.161. The van der Waals surface area contributed by atoms with Crippen LogP contribution in [0.3, 0.4) is 0 Å². The van der Waals surface area contributed by atoms with Crippen molar-refractivity contribution in [1.29, 1.82) is 0 Å². The van der Waals surface area contributed by atoms with Gasteiger partial charge in [-0.15, -0.1) is 0 Å². The molecule has 4 rings (SSSR count). The number of carbonyl (C=O) groups is 1. The third kappa shape index (κ3) is 3.70. The Morgan fingerprint density at radius 1 is 1.04 bits per heavy atom. The SMILES string of the molecule is O=C(Nc1ccc(F)c(Cl)c1)c1oc2ccccc2c1COc1ccccc1. The number of halogens is 2. The minimum atomic E-state index is -0.555. The van der Waals surface area contributed by atoms with Crippen LogP contribution in [0, 0.1) is 5.82 Å². The molecule has 0 aliphatic carbocycles. The fraction of sp³-hybridized carbons (Fsp3) is 0.0455. The summed E-state index contributed by atoms with van der Waals surface area (Å²) in [6.07, 6.45) is 0. The molecule has 28 heavy (non-hydrogen) atoms. The van der Waals surface area contributed by atoms with Crippen molar-refractivity contribution in [3.63, 3.8) is 0 Å². The van der Waals surface area contributed by atoms with E-state index in [0.717, 1.165) is 5.39 Å². The van der Waals surface area contributed by atoms with Crippen molar-refractivity contribution in [3.8, 4) is 5.75 Å². The molecule has 1 heterocycles. The maximum absolute atomic E-state index is 13.3. The molecule has 4 aromatic rings. The van der Waals surface area contributed by atoms with E-state index in [1.165, 1.54) is 18.2 Å². The smallest absolute Gasteiger partial charge is 0.291 e. The quantitative estimate of drug-likeness (QED) is 0.447. The third-order valence-corrected chi connectivity index (χ3v) is 4.50. The van der Waals surface area contributed by atoms with Gasteiger partial charge in [0.05, 0.1) is 5.02 Å². The van der Waals surface area contributed by atoms with Crippen LogP contribution in [-0.2, 0) is 6.61 Å². The zero-order valence-electron chi connectivity index (χ0n) is 14.6. The van der Waals surface area contributed by atoms with E-state index in [-0.39, 0.29) is 17.4 Å². The minimum absolute atomic E-state index is 0.0740. The van der Waals surface area contributed by atoms with Crippen LogP contribution in [-0.4, -0.2) is 5.91 Å². The maximum atomic E-state index is 13.3. The van der Waals surface area contributed by atoms with E-state index in [1.807, 2.05) is 48.5 Å². The topological polar surface area (TPSA) is 51.5 Å². The van der Waals surface area contributed by atoms with Gasteiger partial charge in [0.25, 0.3) is 5.91 Å². The lowest BCUT2D eigenvalue weighted by atomic mass is 10.1. The first-order chi connectivity index (χ1) is 13.6. The number of benzene rings is 3. The Balaban J connectivity index is 1.65. The average Bonchev–Trinajstić information content (AvgIpc) is 3.09. The van der Waals surface area contributed by atoms with Crippen molar-refractivity contribution in [2.45, 2.75) is 6.61 Å². The summed E-state index contributed by atoms with van der Waals surface area (Å²) in [5, 5.41) is 3.40. The van der Waals surface area contributed by atoms with E-state index in [4.69, 9.17) is 20.8 Å². The number of amides is 1. The summed E-state index contributed by atoms with van der Waals surface area (Å²) < 4.78 is 24.9. The van der Waals surface area contributed by atoms with E-state index >= 15 is 0 Å². The van der Waals surface area contributed by atoms with Crippen LogP contribution >= 0.6 is 11.6 Å². The van der Waals surface area contributed by atoms with Crippen LogP contribution in [0.4, 0.5) is 10.1 Å². The predicted molar refractivity (Wildman–Crippen MR) is 106 cm³/mol. The number of carbonyl (C=O) groups excluding carboxylic acids is 1. The van der Waals surface area contributed by atoms with Gasteiger partial charge in [0.2, 0.25) is 0 Å². The van der Waals surface area contributed by atoms with Crippen molar-refractivity contribution in [2.75, 3.05) is 5.32 Å². The van der Waals surface area contributed by atoms with Gasteiger partial charge in [0.1, 0.15) is 23.8 Å². The van der Waals surface area contributed by atoms with E-state index in [1.54, 1.807) is 6.07 Å². The molecule has 0 bridgehead atoms. The van der Waals surface area contributed by atoms with Crippen molar-refractivity contribution in [1.82, 2.24) is 0 Å². The number of hydrogen-bond donors (Lipinski definition) is 1. The Labute approximate surface area is 165 Å². The number of para-hydroxylation sites is 2. The zero-order chi connectivity index (χ0) is 19.5. The molecule has 0 fully saturated rings. The fourth-order valence-corrected chi connectivity index (χ4v) is 3.04. The molecule has 6 heteroatoms. The molecule has 0 aliphatic rings. The van der Waals surface area contributed by atoms with Crippen molar-refractivity contribution in [3.05, 3.63) is 95.0 Å². The lowest BCUT2D eigenvalue weighted by molar-refractivity contribution is 0.0995. The number of ether oxygens (including phenoxy) is 1. The Bertz CT molecular complexity index is 1140. The molecule has 3 aromatic carbocycles. The molecule has 0 aliphatic heterocycles. The molecule has 0 unspecified atom stereocenters. The summed E-state index contributed by atoms with van der Waals surface area (Å²) in [6, 6.07) is 20.6. The first-order valence-corrected chi connectivity index (χ1v) is 8.94. The first-order valence-electron chi connectivity index (χ1n) is 8.56. The number of hydrogen-bond acceptors (Lipinski definition) is 3. The first kappa shape index (κ1) is 18.1. The van der Waals surface area contributed by atoms with Crippen molar-refractivity contribution in [2.24, 2.45) is 0 Å². The number of rotatable bonds is 5. The second kappa shape index (κ2) is 7.74. The average molecular weight is 396 g/mol. The molecule has 0 saturated heterocycles. The van der Waals surface area contributed by atoms with Crippen LogP contribution in [0.5, 0.6) is 5.75 Å². The van der Waals surface area contributed by atoms with Gasteiger partial charge in [0.15, 0.2) is 5.76 Å². The number of fused-ring (bicyclic) bond motifs is 1. The summed E-state index contributed by atoms with van der Waals surface area (Å²) in [4.78, 5) is 12.8. The van der Waals surface area contributed by atoms with Gasteiger partial charge in [-0.25, -0.2) is 4.39 Å². The van der Waals surface area contributed by atoms with E-state index in [0.29, 0.717) is 22.6 Å². The van der Waals surface area contributed by atoms with E-state index < -0.39 is 11.7 Å². The summed E-state index contributed by atoms with van der Waals surface area (Å²) in [7, 11) is 0. The number of anilines is 1. The van der Waals surface area contributed by atoms with Gasteiger partial charge in [-0.05, 0) is 36.4 Å². The second-order valence-corrected chi connectivity index (χ2v) is 6.50. The molecule has 140 valence electrons. The van der Waals surface area contributed by atoms with Gasteiger partial charge < -0.3 is 14.5 Å². The van der Waals surface area contributed by atoms with Gasteiger partial charge in [-0.1, -0.05) is 48.0 Å². The highest BCUT2D eigenvalue weighted by Gasteiger charge is 2.21. The second-order valence-electron chi connectivity index (χ2n) is 6.09. The molecule has 0 atom stereocenters. The van der Waals surface area contributed by atoms with E-state index in [9.17, 15) is 9.18 Å². The Kier molecular flexibility index (Phi) is 5.00. The van der Waals surface area contributed by atoms with Crippen LogP contribution in [0.1, 0.15) is 16.1 Å². The van der Waals surface area contributed by atoms with Crippen LogP contribution < -0.4 is 10.1 Å². The van der Waals surface area contributed by atoms with Crippen LogP contribution in [0.2, 0.25) is 5.02 Å². The maximum Gasteiger partial charge on any atom is 0.291 e. The fourth-order valence-electron chi connectivity index (χ4n) is 2.86. The van der Waals surface area contributed by atoms with Crippen molar-refractivity contribution >= 4 is 34.2 Å². The van der Waals surface area contributed by atoms with Gasteiger partial charge >= 0.3 is 0 Å². The van der Waals surface area contributed by atoms with Crippen molar-refractivity contribution < 1.29 is 18.3 Å². The highest BCUT2D eigenvalue weighted by molar-refractivity contribution is 6.31. The van der Waals surface area contributed by atoms with Crippen LogP contribution in [0.25, 0.3) is 11.0 Å². The lowest BCUT2D eigenvalue weighted by Gasteiger charge is -2.08. The third-order valence-electron chi connectivity index (χ3n) is 4.21. The monoisotopic (exact) mass is 395 g/mol. The molecule has 0 radical (unpaired) electrons.